The number of amides is 2. The Bertz CT molecular complexity index is 889. The van der Waals surface area contributed by atoms with Crippen LogP contribution in [-0.2, 0) is 6.42 Å². The average Bonchev–Trinajstić information content (AvgIpc) is 3.32. The first kappa shape index (κ1) is 16.3. The smallest absolute Gasteiger partial charge is 0.315 e. The van der Waals surface area contributed by atoms with Crippen LogP contribution < -0.4 is 10.6 Å². The molecule has 132 valence electrons. The monoisotopic (exact) mass is 347 g/mol. The molecule has 0 fully saturated rings. The third-order valence-corrected chi connectivity index (χ3v) is 4.86. The fourth-order valence-corrected chi connectivity index (χ4v) is 3.44. The van der Waals surface area contributed by atoms with Crippen molar-refractivity contribution in [2.75, 3.05) is 0 Å². The summed E-state index contributed by atoms with van der Waals surface area (Å²) in [6.45, 7) is 1.98. The molecule has 0 saturated carbocycles. The Hall–Kier alpha value is -3.15. The fraction of sp³-hybridized carbons (Fsp3) is 0.250. The predicted molar refractivity (Wildman–Crippen MR) is 98.9 cm³/mol. The number of aromatic nitrogens is 3. The molecule has 0 spiro atoms. The maximum Gasteiger partial charge on any atom is 0.315 e. The van der Waals surface area contributed by atoms with E-state index in [9.17, 15) is 4.79 Å². The number of fused-ring (bicyclic) bond motifs is 1. The molecule has 0 radical (unpaired) electrons. The number of nitrogens with zero attached hydrogens (tertiary/aromatic N) is 3. The van der Waals surface area contributed by atoms with E-state index in [1.54, 1.807) is 11.0 Å². The van der Waals surface area contributed by atoms with E-state index in [0.29, 0.717) is 0 Å². The first-order chi connectivity index (χ1) is 12.7. The number of benzene rings is 2. The number of hydrogen-bond donors (Lipinski definition) is 2. The molecule has 4 rings (SSSR count). The van der Waals surface area contributed by atoms with E-state index in [2.05, 4.69) is 32.8 Å². The normalized spacial score (nSPS) is 16.7. The molecule has 0 saturated heterocycles. The van der Waals surface area contributed by atoms with Crippen molar-refractivity contribution in [1.82, 2.24) is 25.4 Å². The summed E-state index contributed by atoms with van der Waals surface area (Å²) < 4.78 is 1.70. The van der Waals surface area contributed by atoms with Gasteiger partial charge in [0.1, 0.15) is 12.7 Å². The van der Waals surface area contributed by atoms with Crippen LogP contribution in [0.1, 0.15) is 42.1 Å². The minimum Gasteiger partial charge on any atom is -0.332 e. The summed E-state index contributed by atoms with van der Waals surface area (Å²) in [6.07, 6.45) is 5.13. The molecule has 3 aromatic rings. The van der Waals surface area contributed by atoms with Crippen LogP contribution in [0.3, 0.4) is 0 Å². The summed E-state index contributed by atoms with van der Waals surface area (Å²) >= 11 is 0. The van der Waals surface area contributed by atoms with Crippen molar-refractivity contribution in [3.63, 3.8) is 0 Å². The van der Waals surface area contributed by atoms with Gasteiger partial charge in [-0.05, 0) is 48.6 Å². The summed E-state index contributed by atoms with van der Waals surface area (Å²) in [5.41, 5.74) is 4.53. The van der Waals surface area contributed by atoms with Crippen LogP contribution in [0.5, 0.6) is 0 Å². The molecule has 2 aromatic carbocycles. The zero-order valence-electron chi connectivity index (χ0n) is 14.6. The number of urea groups is 1. The van der Waals surface area contributed by atoms with Gasteiger partial charge in [-0.2, -0.15) is 5.10 Å². The zero-order valence-corrected chi connectivity index (χ0v) is 14.6. The van der Waals surface area contributed by atoms with Crippen molar-refractivity contribution in [2.45, 2.75) is 31.8 Å². The van der Waals surface area contributed by atoms with E-state index in [1.807, 2.05) is 43.3 Å². The Morgan fingerprint density at radius 3 is 2.77 bits per heavy atom. The molecule has 1 aliphatic rings. The number of aryl methyl sites for hydroxylation is 1. The topological polar surface area (TPSA) is 71.8 Å². The molecule has 2 amide bonds. The highest BCUT2D eigenvalue weighted by atomic mass is 16.2. The van der Waals surface area contributed by atoms with E-state index in [4.69, 9.17) is 0 Å². The molecule has 1 heterocycles. The summed E-state index contributed by atoms with van der Waals surface area (Å²) in [5.74, 6) is 0. The molecular weight excluding hydrogens is 326 g/mol. The zero-order chi connectivity index (χ0) is 17.9. The Morgan fingerprint density at radius 2 is 2.00 bits per heavy atom. The average molecular weight is 347 g/mol. The van der Waals surface area contributed by atoms with Gasteiger partial charge >= 0.3 is 6.03 Å². The molecule has 1 aliphatic carbocycles. The van der Waals surface area contributed by atoms with Gasteiger partial charge in [0.2, 0.25) is 0 Å². The van der Waals surface area contributed by atoms with E-state index >= 15 is 0 Å². The van der Waals surface area contributed by atoms with Gasteiger partial charge in [-0.15, -0.1) is 0 Å². The molecule has 6 nitrogen and oxygen atoms in total. The largest absolute Gasteiger partial charge is 0.332 e. The SMILES string of the molecule is CC(NC(=O)NC1CCc2ccccc21)c1ccc(-n2cncn2)cc1. The summed E-state index contributed by atoms with van der Waals surface area (Å²) in [4.78, 5) is 16.3. The van der Waals surface area contributed by atoms with Gasteiger partial charge in [0.15, 0.2) is 0 Å². The van der Waals surface area contributed by atoms with Gasteiger partial charge in [-0.3, -0.25) is 0 Å². The maximum atomic E-state index is 12.4. The van der Waals surface area contributed by atoms with Crippen LogP contribution in [0.2, 0.25) is 0 Å². The van der Waals surface area contributed by atoms with Crippen LogP contribution in [-0.4, -0.2) is 20.8 Å². The van der Waals surface area contributed by atoms with Crippen molar-refractivity contribution in [2.24, 2.45) is 0 Å². The van der Waals surface area contributed by atoms with E-state index in [0.717, 1.165) is 24.1 Å². The van der Waals surface area contributed by atoms with Crippen molar-refractivity contribution in [1.29, 1.82) is 0 Å². The molecule has 2 unspecified atom stereocenters. The first-order valence-corrected chi connectivity index (χ1v) is 8.80. The molecule has 26 heavy (non-hydrogen) atoms. The summed E-state index contributed by atoms with van der Waals surface area (Å²) in [7, 11) is 0. The van der Waals surface area contributed by atoms with Gasteiger partial charge in [-0.25, -0.2) is 14.5 Å². The van der Waals surface area contributed by atoms with Crippen molar-refractivity contribution >= 4 is 6.03 Å². The van der Waals surface area contributed by atoms with E-state index in [1.165, 1.54) is 17.5 Å². The number of carbonyl (C=O) groups excluding carboxylic acids is 1. The highest BCUT2D eigenvalue weighted by Gasteiger charge is 2.23. The second kappa shape index (κ2) is 7.00. The Kier molecular flexibility index (Phi) is 4.39. The Morgan fingerprint density at radius 1 is 1.19 bits per heavy atom. The van der Waals surface area contributed by atoms with Gasteiger partial charge in [0.25, 0.3) is 0 Å². The standard InChI is InChI=1S/C20H21N5O/c1-14(15-6-9-17(10-7-15)25-13-21-12-22-25)23-20(26)24-19-11-8-16-4-2-3-5-18(16)19/h2-7,9-10,12-14,19H,8,11H2,1H3,(H2,23,24,26). The lowest BCUT2D eigenvalue weighted by Crippen LogP contribution is -2.38. The summed E-state index contributed by atoms with van der Waals surface area (Å²) in [6, 6.07) is 16.1. The third-order valence-electron chi connectivity index (χ3n) is 4.86. The summed E-state index contributed by atoms with van der Waals surface area (Å²) in [5, 5.41) is 10.2. The van der Waals surface area contributed by atoms with Crippen molar-refractivity contribution in [3.05, 3.63) is 77.9 Å². The van der Waals surface area contributed by atoms with Gasteiger partial charge in [0.05, 0.1) is 17.8 Å². The Balaban J connectivity index is 1.37. The number of nitrogens with one attached hydrogen (secondary N) is 2. The number of hydrogen-bond acceptors (Lipinski definition) is 3. The molecular formula is C20H21N5O. The van der Waals surface area contributed by atoms with Crippen molar-refractivity contribution in [3.8, 4) is 5.69 Å². The molecule has 6 heteroatoms. The molecule has 2 N–H and O–H groups in total. The van der Waals surface area contributed by atoms with E-state index in [-0.39, 0.29) is 18.1 Å². The lowest BCUT2D eigenvalue weighted by Gasteiger charge is -2.19. The Labute approximate surface area is 152 Å². The van der Waals surface area contributed by atoms with Crippen LogP contribution in [0, 0.1) is 0 Å². The van der Waals surface area contributed by atoms with Crippen molar-refractivity contribution < 1.29 is 4.79 Å². The van der Waals surface area contributed by atoms with E-state index < -0.39 is 0 Å². The highest BCUT2D eigenvalue weighted by molar-refractivity contribution is 5.75. The van der Waals surface area contributed by atoms with Crippen LogP contribution in [0.25, 0.3) is 5.69 Å². The highest BCUT2D eigenvalue weighted by Crippen LogP contribution is 2.30. The van der Waals surface area contributed by atoms with Gasteiger partial charge < -0.3 is 10.6 Å². The van der Waals surface area contributed by atoms with Crippen LogP contribution in [0.4, 0.5) is 4.79 Å². The first-order valence-electron chi connectivity index (χ1n) is 8.80. The second-order valence-corrected chi connectivity index (χ2v) is 6.56. The second-order valence-electron chi connectivity index (χ2n) is 6.56. The van der Waals surface area contributed by atoms with Crippen LogP contribution >= 0.6 is 0 Å². The van der Waals surface area contributed by atoms with Gasteiger partial charge in [-0.1, -0.05) is 36.4 Å². The molecule has 0 aliphatic heterocycles. The quantitative estimate of drug-likeness (QED) is 0.760. The predicted octanol–water partition coefficient (Wildman–Crippen LogP) is 3.32. The lowest BCUT2D eigenvalue weighted by atomic mass is 10.1. The molecule has 1 aromatic heterocycles. The minimum atomic E-state index is -0.139. The molecule has 0 bridgehead atoms. The maximum absolute atomic E-state index is 12.4. The fourth-order valence-electron chi connectivity index (χ4n) is 3.44. The minimum absolute atomic E-state index is 0.0866. The number of rotatable bonds is 4. The van der Waals surface area contributed by atoms with Crippen LogP contribution in [0.15, 0.2) is 61.2 Å². The number of carbonyl (C=O) groups is 1. The lowest BCUT2D eigenvalue weighted by molar-refractivity contribution is 0.234. The molecule has 2 atom stereocenters. The van der Waals surface area contributed by atoms with Gasteiger partial charge in [0, 0.05) is 0 Å². The third kappa shape index (κ3) is 3.31.